The van der Waals surface area contributed by atoms with E-state index in [-0.39, 0.29) is 5.91 Å². The predicted molar refractivity (Wildman–Crippen MR) is 93.6 cm³/mol. The number of benzene rings is 2. The predicted octanol–water partition coefficient (Wildman–Crippen LogP) is 3.65. The van der Waals surface area contributed by atoms with E-state index in [1.807, 2.05) is 30.3 Å². The van der Waals surface area contributed by atoms with Gasteiger partial charge in [-0.25, -0.2) is 4.79 Å². The molecule has 130 valence electrons. The second-order valence-electron chi connectivity index (χ2n) is 6.02. The normalized spacial score (nSPS) is 14.8. The van der Waals surface area contributed by atoms with E-state index < -0.39 is 12.1 Å². The summed E-state index contributed by atoms with van der Waals surface area (Å²) in [6.07, 6.45) is 1.25. The van der Waals surface area contributed by atoms with E-state index >= 15 is 0 Å². The van der Waals surface area contributed by atoms with Crippen LogP contribution in [0.1, 0.15) is 30.1 Å². The van der Waals surface area contributed by atoms with Gasteiger partial charge in [0, 0.05) is 13.1 Å². The number of carbonyl (C=O) groups excluding carboxylic acids is 2. The van der Waals surface area contributed by atoms with Gasteiger partial charge in [-0.15, -0.1) is 0 Å². The van der Waals surface area contributed by atoms with E-state index in [9.17, 15) is 9.59 Å². The van der Waals surface area contributed by atoms with Crippen LogP contribution in [0.3, 0.4) is 0 Å². The zero-order chi connectivity index (χ0) is 17.6. The SMILES string of the molecule is C[C@@H](OC(=O)c1ccc(Oc2ccccc2)cc1)C(=O)N1CCCC1. The second-order valence-corrected chi connectivity index (χ2v) is 6.02. The van der Waals surface area contributed by atoms with Crippen molar-refractivity contribution < 1.29 is 19.1 Å². The Balaban J connectivity index is 1.57. The summed E-state index contributed by atoms with van der Waals surface area (Å²) in [6, 6.07) is 16.1. The Labute approximate surface area is 147 Å². The number of amides is 1. The first kappa shape index (κ1) is 17.0. The van der Waals surface area contributed by atoms with Gasteiger partial charge in [0.05, 0.1) is 5.56 Å². The van der Waals surface area contributed by atoms with E-state index in [0.717, 1.165) is 31.7 Å². The lowest BCUT2D eigenvalue weighted by Crippen LogP contribution is -2.38. The van der Waals surface area contributed by atoms with Crippen molar-refractivity contribution in [1.82, 2.24) is 4.90 Å². The van der Waals surface area contributed by atoms with Crippen LogP contribution in [0.15, 0.2) is 54.6 Å². The Morgan fingerprint density at radius 2 is 1.52 bits per heavy atom. The van der Waals surface area contributed by atoms with Crippen LogP contribution >= 0.6 is 0 Å². The summed E-state index contributed by atoms with van der Waals surface area (Å²) in [4.78, 5) is 26.2. The van der Waals surface area contributed by atoms with Crippen LogP contribution in [-0.4, -0.2) is 36.0 Å². The quantitative estimate of drug-likeness (QED) is 0.780. The number of nitrogens with zero attached hydrogens (tertiary/aromatic N) is 1. The maximum Gasteiger partial charge on any atom is 0.338 e. The van der Waals surface area contributed by atoms with E-state index in [1.165, 1.54) is 0 Å². The minimum Gasteiger partial charge on any atom is -0.457 e. The molecule has 0 radical (unpaired) electrons. The molecular formula is C20H21NO4. The average molecular weight is 339 g/mol. The lowest BCUT2D eigenvalue weighted by atomic mass is 10.2. The Hall–Kier alpha value is -2.82. The molecule has 25 heavy (non-hydrogen) atoms. The molecule has 0 bridgehead atoms. The lowest BCUT2D eigenvalue weighted by Gasteiger charge is -2.20. The fourth-order valence-electron chi connectivity index (χ4n) is 2.76. The Morgan fingerprint density at radius 3 is 2.16 bits per heavy atom. The molecule has 2 aromatic carbocycles. The van der Waals surface area contributed by atoms with E-state index in [2.05, 4.69) is 0 Å². The molecule has 0 aromatic heterocycles. The lowest BCUT2D eigenvalue weighted by molar-refractivity contribution is -0.138. The van der Waals surface area contributed by atoms with Crippen molar-refractivity contribution in [3.8, 4) is 11.5 Å². The van der Waals surface area contributed by atoms with Gasteiger partial charge in [-0.1, -0.05) is 18.2 Å². The number of esters is 1. The number of ether oxygens (including phenoxy) is 2. The fourth-order valence-corrected chi connectivity index (χ4v) is 2.76. The summed E-state index contributed by atoms with van der Waals surface area (Å²) in [5.41, 5.74) is 0.390. The molecule has 2 aromatic rings. The van der Waals surface area contributed by atoms with Crippen molar-refractivity contribution in [2.45, 2.75) is 25.9 Å². The second kappa shape index (κ2) is 7.83. The molecule has 1 fully saturated rings. The molecule has 1 aliphatic heterocycles. The van der Waals surface area contributed by atoms with Crippen molar-refractivity contribution in [3.63, 3.8) is 0 Å². The van der Waals surface area contributed by atoms with Gasteiger partial charge in [0.25, 0.3) is 5.91 Å². The van der Waals surface area contributed by atoms with Crippen molar-refractivity contribution >= 4 is 11.9 Å². The van der Waals surface area contributed by atoms with Crippen molar-refractivity contribution in [1.29, 1.82) is 0 Å². The van der Waals surface area contributed by atoms with Crippen molar-refractivity contribution in [2.24, 2.45) is 0 Å². The van der Waals surface area contributed by atoms with Gasteiger partial charge in [-0.2, -0.15) is 0 Å². The molecule has 0 unspecified atom stereocenters. The highest BCUT2D eigenvalue weighted by molar-refractivity contribution is 5.92. The van der Waals surface area contributed by atoms with Crippen molar-refractivity contribution in [2.75, 3.05) is 13.1 Å². The molecule has 0 aliphatic carbocycles. The molecule has 0 saturated carbocycles. The van der Waals surface area contributed by atoms with Crippen molar-refractivity contribution in [3.05, 3.63) is 60.2 Å². The monoisotopic (exact) mass is 339 g/mol. The highest BCUT2D eigenvalue weighted by atomic mass is 16.5. The van der Waals surface area contributed by atoms with Crippen LogP contribution in [0.2, 0.25) is 0 Å². The molecule has 5 heteroatoms. The first-order valence-corrected chi connectivity index (χ1v) is 8.46. The third kappa shape index (κ3) is 4.38. The Bertz CT molecular complexity index is 721. The van der Waals surface area contributed by atoms with Gasteiger partial charge in [-0.05, 0) is 56.2 Å². The number of rotatable bonds is 5. The van der Waals surface area contributed by atoms with Gasteiger partial charge in [0.2, 0.25) is 0 Å². The molecule has 0 N–H and O–H groups in total. The summed E-state index contributed by atoms with van der Waals surface area (Å²) < 4.78 is 11.0. The summed E-state index contributed by atoms with van der Waals surface area (Å²) in [5.74, 6) is 0.716. The smallest absolute Gasteiger partial charge is 0.338 e. The van der Waals surface area contributed by atoms with Gasteiger partial charge < -0.3 is 14.4 Å². The van der Waals surface area contributed by atoms with Gasteiger partial charge >= 0.3 is 5.97 Å². The van der Waals surface area contributed by atoms with E-state index in [1.54, 1.807) is 36.1 Å². The first-order valence-electron chi connectivity index (χ1n) is 8.46. The Morgan fingerprint density at radius 1 is 0.920 bits per heavy atom. The fraction of sp³-hybridized carbons (Fsp3) is 0.300. The van der Waals surface area contributed by atoms with Gasteiger partial charge in [0.15, 0.2) is 6.10 Å². The van der Waals surface area contributed by atoms with Crippen LogP contribution in [0.25, 0.3) is 0 Å². The minimum atomic E-state index is -0.772. The van der Waals surface area contributed by atoms with Crippen LogP contribution in [0.5, 0.6) is 11.5 Å². The summed E-state index contributed by atoms with van der Waals surface area (Å²) >= 11 is 0. The minimum absolute atomic E-state index is 0.130. The van der Waals surface area contributed by atoms with Crippen LogP contribution in [0.4, 0.5) is 0 Å². The molecular weight excluding hydrogens is 318 g/mol. The Kier molecular flexibility index (Phi) is 5.33. The molecule has 1 aliphatic rings. The zero-order valence-electron chi connectivity index (χ0n) is 14.2. The standard InChI is InChI=1S/C20H21NO4/c1-15(19(22)21-13-5-6-14-21)24-20(23)16-9-11-18(12-10-16)25-17-7-3-2-4-8-17/h2-4,7-12,15H,5-6,13-14H2,1H3/t15-/m1/s1. The third-order valence-electron chi connectivity index (χ3n) is 4.12. The van der Waals surface area contributed by atoms with Gasteiger partial charge in [-0.3, -0.25) is 4.79 Å². The molecule has 3 rings (SSSR count). The van der Waals surface area contributed by atoms with E-state index in [0.29, 0.717) is 11.3 Å². The van der Waals surface area contributed by atoms with Crippen LogP contribution in [0, 0.1) is 0 Å². The number of hydrogen-bond acceptors (Lipinski definition) is 4. The molecule has 5 nitrogen and oxygen atoms in total. The number of likely N-dealkylation sites (tertiary alicyclic amines) is 1. The molecule has 1 saturated heterocycles. The van der Waals surface area contributed by atoms with Crippen LogP contribution < -0.4 is 4.74 Å². The maximum absolute atomic E-state index is 12.2. The summed E-state index contributed by atoms with van der Waals surface area (Å²) in [5, 5.41) is 0. The topological polar surface area (TPSA) is 55.8 Å². The van der Waals surface area contributed by atoms with E-state index in [4.69, 9.17) is 9.47 Å². The molecule has 1 amide bonds. The van der Waals surface area contributed by atoms with Gasteiger partial charge in [0.1, 0.15) is 11.5 Å². The summed E-state index contributed by atoms with van der Waals surface area (Å²) in [6.45, 7) is 3.10. The van der Waals surface area contributed by atoms with Crippen LogP contribution in [-0.2, 0) is 9.53 Å². The maximum atomic E-state index is 12.2. The average Bonchev–Trinajstić information content (AvgIpc) is 3.17. The highest BCUT2D eigenvalue weighted by Gasteiger charge is 2.26. The molecule has 0 spiro atoms. The zero-order valence-corrected chi connectivity index (χ0v) is 14.2. The molecule has 1 atom stereocenters. The number of carbonyl (C=O) groups is 2. The summed E-state index contributed by atoms with van der Waals surface area (Å²) in [7, 11) is 0. The third-order valence-corrected chi connectivity index (χ3v) is 4.12. The highest BCUT2D eigenvalue weighted by Crippen LogP contribution is 2.21. The first-order chi connectivity index (χ1) is 12.1. The number of para-hydroxylation sites is 1. The number of hydrogen-bond donors (Lipinski definition) is 0. The largest absolute Gasteiger partial charge is 0.457 e. The molecule has 1 heterocycles.